The molecule has 1 amide bonds. The Morgan fingerprint density at radius 2 is 2.00 bits per heavy atom. The molecule has 0 aromatic heterocycles. The number of carbonyl (C=O) groups is 2. The molecule has 0 spiro atoms. The number of carbonyl (C=O) groups excluding carboxylic acids is 2. The molecule has 0 N–H and O–H groups in total. The SMILES string of the molecule is C[C@H](OC(=O)c1ccccc1F)C(=O)N(C)[C@@H]1CCS(=O)(=O)C1. The van der Waals surface area contributed by atoms with E-state index in [9.17, 15) is 22.4 Å². The van der Waals surface area contributed by atoms with Gasteiger partial charge in [-0.15, -0.1) is 0 Å². The number of hydrogen-bond donors (Lipinski definition) is 0. The van der Waals surface area contributed by atoms with Gasteiger partial charge in [0.1, 0.15) is 5.82 Å². The third kappa shape index (κ3) is 4.07. The van der Waals surface area contributed by atoms with Crippen molar-refractivity contribution in [2.75, 3.05) is 18.6 Å². The lowest BCUT2D eigenvalue weighted by Crippen LogP contribution is -2.44. The van der Waals surface area contributed by atoms with Crippen molar-refractivity contribution in [3.8, 4) is 0 Å². The molecule has 2 atom stereocenters. The number of hydrogen-bond acceptors (Lipinski definition) is 5. The van der Waals surface area contributed by atoms with Crippen LogP contribution in [-0.4, -0.2) is 55.9 Å². The predicted molar refractivity (Wildman–Crippen MR) is 81.1 cm³/mol. The molecule has 1 aliphatic rings. The molecular weight excluding hydrogens is 325 g/mol. The minimum absolute atomic E-state index is 0.0404. The standard InChI is InChI=1S/C15H18FNO5S/c1-10(22-15(19)12-5-3-4-6-13(12)16)14(18)17(2)11-7-8-23(20,21)9-11/h3-6,10-11H,7-9H2,1-2H3/t10-,11+/m0/s1. The number of rotatable bonds is 4. The fourth-order valence-corrected chi connectivity index (χ4v) is 4.22. The zero-order chi connectivity index (χ0) is 17.2. The Hall–Kier alpha value is -1.96. The summed E-state index contributed by atoms with van der Waals surface area (Å²) in [5.41, 5.74) is -0.252. The number of sulfone groups is 1. The molecule has 0 bridgehead atoms. The van der Waals surface area contributed by atoms with Crippen LogP contribution in [0.2, 0.25) is 0 Å². The van der Waals surface area contributed by atoms with Crippen LogP contribution in [0.3, 0.4) is 0 Å². The smallest absolute Gasteiger partial charge is 0.341 e. The first kappa shape index (κ1) is 17.4. The van der Waals surface area contributed by atoms with Gasteiger partial charge in [-0.3, -0.25) is 4.79 Å². The second-order valence-corrected chi connectivity index (χ2v) is 7.76. The fraction of sp³-hybridized carbons (Fsp3) is 0.467. The third-order valence-corrected chi connectivity index (χ3v) is 5.58. The van der Waals surface area contributed by atoms with Crippen molar-refractivity contribution in [3.63, 3.8) is 0 Å². The molecule has 126 valence electrons. The Bertz CT molecular complexity index is 718. The van der Waals surface area contributed by atoms with Crippen LogP contribution in [0.5, 0.6) is 0 Å². The maximum Gasteiger partial charge on any atom is 0.341 e. The summed E-state index contributed by atoms with van der Waals surface area (Å²) in [7, 11) is -1.65. The predicted octanol–water partition coefficient (Wildman–Crippen LogP) is 1.02. The van der Waals surface area contributed by atoms with Crippen molar-refractivity contribution < 1.29 is 27.1 Å². The van der Waals surface area contributed by atoms with Crippen molar-refractivity contribution >= 4 is 21.7 Å². The van der Waals surface area contributed by atoms with Gasteiger partial charge in [0.05, 0.1) is 17.1 Å². The van der Waals surface area contributed by atoms with Gasteiger partial charge < -0.3 is 9.64 Å². The summed E-state index contributed by atoms with van der Waals surface area (Å²) in [6.45, 7) is 1.38. The fourth-order valence-electron chi connectivity index (χ4n) is 2.45. The average molecular weight is 343 g/mol. The van der Waals surface area contributed by atoms with E-state index >= 15 is 0 Å². The van der Waals surface area contributed by atoms with Gasteiger partial charge in [-0.2, -0.15) is 0 Å². The zero-order valence-electron chi connectivity index (χ0n) is 12.9. The summed E-state index contributed by atoms with van der Waals surface area (Å²) >= 11 is 0. The van der Waals surface area contributed by atoms with Crippen LogP contribution in [0.1, 0.15) is 23.7 Å². The van der Waals surface area contributed by atoms with Crippen molar-refractivity contribution in [1.82, 2.24) is 4.90 Å². The molecule has 6 nitrogen and oxygen atoms in total. The topological polar surface area (TPSA) is 80.8 Å². The summed E-state index contributed by atoms with van der Waals surface area (Å²) in [5, 5.41) is 0. The normalized spacial score (nSPS) is 20.7. The molecule has 1 aliphatic heterocycles. The largest absolute Gasteiger partial charge is 0.449 e. The molecule has 23 heavy (non-hydrogen) atoms. The Labute approximate surface area is 134 Å². The van der Waals surface area contributed by atoms with Crippen molar-refractivity contribution in [2.45, 2.75) is 25.5 Å². The molecule has 1 saturated heterocycles. The van der Waals surface area contributed by atoms with Crippen molar-refractivity contribution in [2.24, 2.45) is 0 Å². The van der Waals surface area contributed by atoms with Crippen molar-refractivity contribution in [1.29, 1.82) is 0 Å². The maximum atomic E-state index is 13.5. The first-order valence-corrected chi connectivity index (χ1v) is 8.96. The van der Waals surface area contributed by atoms with E-state index in [0.717, 1.165) is 6.07 Å². The van der Waals surface area contributed by atoms with Crippen LogP contribution in [0.25, 0.3) is 0 Å². The summed E-state index contributed by atoms with van der Waals surface area (Å²) in [6.07, 6.45) is -0.770. The molecule has 1 aromatic rings. The van der Waals surface area contributed by atoms with E-state index < -0.39 is 39.7 Å². The molecule has 2 rings (SSSR count). The Balaban J connectivity index is 2.00. The number of esters is 1. The summed E-state index contributed by atoms with van der Waals surface area (Å²) in [4.78, 5) is 25.4. The first-order chi connectivity index (χ1) is 10.7. The second-order valence-electron chi connectivity index (χ2n) is 5.53. The summed E-state index contributed by atoms with van der Waals surface area (Å²) in [5.74, 6) is -2.23. The van der Waals surface area contributed by atoms with Crippen LogP contribution >= 0.6 is 0 Å². The van der Waals surface area contributed by atoms with E-state index in [-0.39, 0.29) is 17.1 Å². The molecule has 0 radical (unpaired) electrons. The molecular formula is C15H18FNO5S. The highest BCUT2D eigenvalue weighted by Gasteiger charge is 2.35. The number of nitrogens with zero attached hydrogens (tertiary/aromatic N) is 1. The highest BCUT2D eigenvalue weighted by Crippen LogP contribution is 2.18. The third-order valence-electron chi connectivity index (χ3n) is 3.83. The van der Waals surface area contributed by atoms with Gasteiger partial charge in [-0.1, -0.05) is 12.1 Å². The number of halogens is 1. The van der Waals surface area contributed by atoms with Crippen LogP contribution in [0.15, 0.2) is 24.3 Å². The van der Waals surface area contributed by atoms with E-state index in [2.05, 4.69) is 0 Å². The van der Waals surface area contributed by atoms with Crippen LogP contribution in [0, 0.1) is 5.82 Å². The Morgan fingerprint density at radius 3 is 2.57 bits per heavy atom. The highest BCUT2D eigenvalue weighted by atomic mass is 32.2. The van der Waals surface area contributed by atoms with E-state index in [1.54, 1.807) is 0 Å². The van der Waals surface area contributed by atoms with Crippen molar-refractivity contribution in [3.05, 3.63) is 35.6 Å². The lowest BCUT2D eigenvalue weighted by Gasteiger charge is -2.26. The zero-order valence-corrected chi connectivity index (χ0v) is 13.7. The summed E-state index contributed by atoms with van der Waals surface area (Å²) < 4.78 is 41.5. The molecule has 0 unspecified atom stereocenters. The van der Waals surface area contributed by atoms with Gasteiger partial charge in [0.25, 0.3) is 5.91 Å². The minimum atomic E-state index is -3.12. The average Bonchev–Trinajstić information content (AvgIpc) is 2.86. The maximum absolute atomic E-state index is 13.5. The molecule has 1 heterocycles. The lowest BCUT2D eigenvalue weighted by atomic mass is 10.2. The molecule has 1 aromatic carbocycles. The number of likely N-dealkylation sites (N-methyl/N-ethyl adjacent to an activating group) is 1. The van der Waals surface area contributed by atoms with E-state index in [4.69, 9.17) is 4.74 Å². The van der Waals surface area contributed by atoms with E-state index in [1.807, 2.05) is 0 Å². The second kappa shape index (κ2) is 6.66. The van der Waals surface area contributed by atoms with E-state index in [0.29, 0.717) is 6.42 Å². The summed E-state index contributed by atoms with van der Waals surface area (Å²) in [6, 6.07) is 4.89. The molecule has 0 aliphatic carbocycles. The Kier molecular flexibility index (Phi) is 5.03. The van der Waals surface area contributed by atoms with Crippen LogP contribution in [0.4, 0.5) is 4.39 Å². The minimum Gasteiger partial charge on any atom is -0.449 e. The first-order valence-electron chi connectivity index (χ1n) is 7.14. The van der Waals surface area contributed by atoms with Gasteiger partial charge in [0.2, 0.25) is 0 Å². The quantitative estimate of drug-likeness (QED) is 0.763. The van der Waals surface area contributed by atoms with Gasteiger partial charge in [-0.05, 0) is 25.5 Å². The highest BCUT2D eigenvalue weighted by molar-refractivity contribution is 7.91. The molecule has 8 heteroatoms. The van der Waals surface area contributed by atoms with E-state index in [1.165, 1.54) is 37.1 Å². The number of benzene rings is 1. The van der Waals surface area contributed by atoms with Crippen LogP contribution in [-0.2, 0) is 19.4 Å². The molecule has 1 fully saturated rings. The van der Waals surface area contributed by atoms with Gasteiger partial charge in [-0.25, -0.2) is 17.6 Å². The van der Waals surface area contributed by atoms with Gasteiger partial charge in [0, 0.05) is 13.1 Å². The van der Waals surface area contributed by atoms with Crippen LogP contribution < -0.4 is 0 Å². The lowest BCUT2D eigenvalue weighted by molar-refractivity contribution is -0.140. The Morgan fingerprint density at radius 1 is 1.35 bits per heavy atom. The number of ether oxygens (including phenoxy) is 1. The monoisotopic (exact) mass is 343 g/mol. The number of amides is 1. The van der Waals surface area contributed by atoms with Gasteiger partial charge in [0.15, 0.2) is 15.9 Å². The molecule has 0 saturated carbocycles. The van der Waals surface area contributed by atoms with Gasteiger partial charge >= 0.3 is 5.97 Å².